The largest absolute Gasteiger partial charge is 0.497 e. The molecule has 1 saturated heterocycles. The number of rotatable bonds is 9. The summed E-state index contributed by atoms with van der Waals surface area (Å²) in [5, 5.41) is 5.91. The predicted molar refractivity (Wildman–Crippen MR) is 119 cm³/mol. The average Bonchev–Trinajstić information content (AvgIpc) is 3.37. The maximum Gasteiger partial charge on any atom is 0.220 e. The Kier molecular flexibility index (Phi) is 6.39. The first-order valence-electron chi connectivity index (χ1n) is 10.8. The molecule has 4 rings (SSSR count). The van der Waals surface area contributed by atoms with Gasteiger partial charge in [0.05, 0.1) is 18.1 Å². The number of imidazole rings is 1. The second kappa shape index (κ2) is 9.38. The third kappa shape index (κ3) is 5.07. The summed E-state index contributed by atoms with van der Waals surface area (Å²) < 4.78 is 19.5. The van der Waals surface area contributed by atoms with Gasteiger partial charge in [0.15, 0.2) is 0 Å². The SMILES string of the molecule is COc1ccc(C[C@@]2(CCC(=O)NCCc3nc4ccccc4[nH]3)CCC(=O)N2)c(F)c1. The number of methoxy groups -OCH3 is 1. The summed E-state index contributed by atoms with van der Waals surface area (Å²) in [6.45, 7) is 0.463. The van der Waals surface area contributed by atoms with Crippen molar-refractivity contribution in [2.45, 2.75) is 44.1 Å². The molecule has 3 aromatic rings. The van der Waals surface area contributed by atoms with Crippen LogP contribution in [0.4, 0.5) is 4.39 Å². The molecule has 1 aliphatic rings. The van der Waals surface area contributed by atoms with Crippen LogP contribution in [0.25, 0.3) is 11.0 Å². The molecule has 0 radical (unpaired) electrons. The van der Waals surface area contributed by atoms with Crippen molar-refractivity contribution in [3.63, 3.8) is 0 Å². The summed E-state index contributed by atoms with van der Waals surface area (Å²) in [5.41, 5.74) is 1.75. The summed E-state index contributed by atoms with van der Waals surface area (Å²) in [5.74, 6) is 0.724. The van der Waals surface area contributed by atoms with E-state index in [4.69, 9.17) is 4.74 Å². The molecule has 8 heteroatoms. The molecule has 1 aliphatic heterocycles. The average molecular weight is 439 g/mol. The van der Waals surface area contributed by atoms with Crippen LogP contribution in [0, 0.1) is 5.82 Å². The number of aromatic nitrogens is 2. The molecule has 0 aliphatic carbocycles. The lowest BCUT2D eigenvalue weighted by Crippen LogP contribution is -2.44. The third-order valence-electron chi connectivity index (χ3n) is 5.98. The zero-order valence-corrected chi connectivity index (χ0v) is 18.0. The van der Waals surface area contributed by atoms with E-state index in [1.54, 1.807) is 12.1 Å². The second-order valence-electron chi connectivity index (χ2n) is 8.26. The van der Waals surface area contributed by atoms with E-state index >= 15 is 0 Å². The van der Waals surface area contributed by atoms with Crippen molar-refractivity contribution in [2.24, 2.45) is 0 Å². The van der Waals surface area contributed by atoms with Crippen LogP contribution >= 0.6 is 0 Å². The van der Waals surface area contributed by atoms with Crippen LogP contribution in [0.5, 0.6) is 5.75 Å². The number of para-hydroxylation sites is 2. The van der Waals surface area contributed by atoms with Gasteiger partial charge in [-0.25, -0.2) is 9.37 Å². The zero-order chi connectivity index (χ0) is 22.6. The highest BCUT2D eigenvalue weighted by Gasteiger charge is 2.38. The number of aromatic amines is 1. The molecule has 1 aromatic heterocycles. The fourth-order valence-corrected chi connectivity index (χ4v) is 4.23. The normalized spacial score (nSPS) is 18.0. The highest BCUT2D eigenvalue weighted by molar-refractivity contribution is 5.80. The minimum atomic E-state index is -0.622. The monoisotopic (exact) mass is 438 g/mol. The molecule has 168 valence electrons. The van der Waals surface area contributed by atoms with Gasteiger partial charge in [-0.05, 0) is 43.0 Å². The molecule has 2 heterocycles. The smallest absolute Gasteiger partial charge is 0.220 e. The molecule has 32 heavy (non-hydrogen) atoms. The number of hydrogen-bond donors (Lipinski definition) is 3. The number of amides is 2. The topological polar surface area (TPSA) is 96.1 Å². The molecule has 7 nitrogen and oxygen atoms in total. The highest BCUT2D eigenvalue weighted by atomic mass is 19.1. The Morgan fingerprint density at radius 3 is 2.84 bits per heavy atom. The van der Waals surface area contributed by atoms with Crippen LogP contribution in [-0.2, 0) is 22.4 Å². The first-order chi connectivity index (χ1) is 15.5. The predicted octanol–water partition coefficient (Wildman–Crippen LogP) is 3.04. The van der Waals surface area contributed by atoms with E-state index in [0.29, 0.717) is 50.0 Å². The Hall–Kier alpha value is -3.42. The van der Waals surface area contributed by atoms with Crippen LogP contribution in [0.3, 0.4) is 0 Å². The van der Waals surface area contributed by atoms with Gasteiger partial charge >= 0.3 is 0 Å². The lowest BCUT2D eigenvalue weighted by molar-refractivity contribution is -0.122. The highest BCUT2D eigenvalue weighted by Crippen LogP contribution is 2.31. The molecule has 2 aromatic carbocycles. The van der Waals surface area contributed by atoms with E-state index in [-0.39, 0.29) is 24.1 Å². The summed E-state index contributed by atoms with van der Waals surface area (Å²) in [4.78, 5) is 32.1. The molecular formula is C24H27FN4O3. The summed E-state index contributed by atoms with van der Waals surface area (Å²) in [6, 6.07) is 12.5. The van der Waals surface area contributed by atoms with E-state index in [1.807, 2.05) is 24.3 Å². The van der Waals surface area contributed by atoms with E-state index in [2.05, 4.69) is 20.6 Å². The number of carbonyl (C=O) groups excluding carboxylic acids is 2. The van der Waals surface area contributed by atoms with E-state index in [1.165, 1.54) is 13.2 Å². The van der Waals surface area contributed by atoms with Gasteiger partial charge in [0.2, 0.25) is 11.8 Å². The first-order valence-corrected chi connectivity index (χ1v) is 10.8. The Labute approximate surface area is 185 Å². The van der Waals surface area contributed by atoms with E-state index in [0.717, 1.165) is 16.9 Å². The molecule has 1 atom stereocenters. The van der Waals surface area contributed by atoms with Crippen molar-refractivity contribution >= 4 is 22.8 Å². The van der Waals surface area contributed by atoms with Gasteiger partial charge in [-0.2, -0.15) is 0 Å². The molecule has 1 fully saturated rings. The number of carbonyl (C=O) groups is 2. The number of fused-ring (bicyclic) bond motifs is 1. The molecule has 0 spiro atoms. The fourth-order valence-electron chi connectivity index (χ4n) is 4.23. The Balaban J connectivity index is 1.32. The fraction of sp³-hybridized carbons (Fsp3) is 0.375. The molecule has 2 amide bonds. The minimum absolute atomic E-state index is 0.0655. The van der Waals surface area contributed by atoms with Crippen molar-refractivity contribution < 1.29 is 18.7 Å². The molecule has 0 unspecified atom stereocenters. The lowest BCUT2D eigenvalue weighted by Gasteiger charge is -2.29. The Bertz CT molecular complexity index is 1100. The van der Waals surface area contributed by atoms with Crippen LogP contribution in [0.2, 0.25) is 0 Å². The van der Waals surface area contributed by atoms with Gasteiger partial charge in [-0.1, -0.05) is 18.2 Å². The van der Waals surface area contributed by atoms with Crippen LogP contribution in [0.1, 0.15) is 37.1 Å². The Morgan fingerprint density at radius 1 is 1.28 bits per heavy atom. The number of halogens is 1. The lowest BCUT2D eigenvalue weighted by atomic mass is 9.84. The van der Waals surface area contributed by atoms with Gasteiger partial charge in [0.1, 0.15) is 17.4 Å². The molecule has 0 saturated carbocycles. The van der Waals surface area contributed by atoms with Crippen molar-refractivity contribution in [3.8, 4) is 5.75 Å². The van der Waals surface area contributed by atoms with E-state index < -0.39 is 5.54 Å². The maximum absolute atomic E-state index is 14.5. The number of H-pyrrole nitrogens is 1. The van der Waals surface area contributed by atoms with Crippen molar-refractivity contribution in [2.75, 3.05) is 13.7 Å². The number of ether oxygens (including phenoxy) is 1. The molecule has 0 bridgehead atoms. The van der Waals surface area contributed by atoms with Gasteiger partial charge < -0.3 is 20.4 Å². The number of benzene rings is 2. The van der Waals surface area contributed by atoms with Gasteiger partial charge in [0.25, 0.3) is 0 Å². The van der Waals surface area contributed by atoms with Gasteiger partial charge in [0, 0.05) is 37.4 Å². The van der Waals surface area contributed by atoms with Crippen LogP contribution in [-0.4, -0.2) is 41.0 Å². The van der Waals surface area contributed by atoms with Crippen molar-refractivity contribution in [1.29, 1.82) is 0 Å². The van der Waals surface area contributed by atoms with E-state index in [9.17, 15) is 14.0 Å². The number of hydrogen-bond acceptors (Lipinski definition) is 4. The quantitative estimate of drug-likeness (QED) is 0.479. The number of nitrogens with zero attached hydrogens (tertiary/aromatic N) is 1. The molecular weight excluding hydrogens is 411 g/mol. The van der Waals surface area contributed by atoms with Crippen molar-refractivity contribution in [1.82, 2.24) is 20.6 Å². The summed E-state index contributed by atoms with van der Waals surface area (Å²) >= 11 is 0. The van der Waals surface area contributed by atoms with Crippen LogP contribution in [0.15, 0.2) is 42.5 Å². The third-order valence-corrected chi connectivity index (χ3v) is 5.98. The zero-order valence-electron chi connectivity index (χ0n) is 18.0. The molecule has 3 N–H and O–H groups in total. The minimum Gasteiger partial charge on any atom is -0.497 e. The Morgan fingerprint density at radius 2 is 2.12 bits per heavy atom. The summed E-state index contributed by atoms with van der Waals surface area (Å²) in [7, 11) is 1.49. The first kappa shape index (κ1) is 21.8. The maximum atomic E-state index is 14.5. The van der Waals surface area contributed by atoms with Gasteiger partial charge in [-0.3, -0.25) is 9.59 Å². The van der Waals surface area contributed by atoms with Crippen LogP contribution < -0.4 is 15.4 Å². The van der Waals surface area contributed by atoms with Crippen molar-refractivity contribution in [3.05, 3.63) is 59.7 Å². The number of nitrogens with one attached hydrogen (secondary N) is 3. The standard InChI is InChI=1S/C24H27FN4O3/c1-32-17-7-6-16(18(25)14-17)15-24(12-9-23(31)29-24)11-8-22(30)26-13-10-21-27-19-4-2-3-5-20(19)28-21/h2-7,14H,8-13,15H2,1H3,(H,26,30)(H,27,28)(H,29,31)/t24-/m1/s1. The van der Waals surface area contributed by atoms with Gasteiger partial charge in [-0.15, -0.1) is 0 Å². The second-order valence-corrected chi connectivity index (χ2v) is 8.26. The summed E-state index contributed by atoms with van der Waals surface area (Å²) in [6.07, 6.45) is 2.58.